The van der Waals surface area contributed by atoms with E-state index in [0.29, 0.717) is 6.61 Å². The summed E-state index contributed by atoms with van der Waals surface area (Å²) < 4.78 is 6.17. The lowest BCUT2D eigenvalue weighted by Crippen LogP contribution is -2.37. The highest BCUT2D eigenvalue weighted by Crippen LogP contribution is 2.41. The summed E-state index contributed by atoms with van der Waals surface area (Å²) in [7, 11) is 1.96. The first-order valence-corrected chi connectivity index (χ1v) is 8.15. The van der Waals surface area contributed by atoms with Crippen LogP contribution >= 0.6 is 0 Å². The summed E-state index contributed by atoms with van der Waals surface area (Å²) in [4.78, 5) is 9.63. The van der Waals surface area contributed by atoms with E-state index < -0.39 is 0 Å². The molecule has 1 saturated carbocycles. The zero-order valence-corrected chi connectivity index (χ0v) is 14.1. The quantitative estimate of drug-likeness (QED) is 0.904. The molecule has 0 aromatic carbocycles. The van der Waals surface area contributed by atoms with Crippen LogP contribution in [-0.2, 0) is 16.9 Å². The topological polar surface area (TPSA) is 47.0 Å². The average Bonchev–Trinajstić information content (AvgIpc) is 2.45. The molecule has 1 N–H and O–H groups in total. The van der Waals surface area contributed by atoms with Gasteiger partial charge in [0.1, 0.15) is 5.60 Å². The number of rotatable bonds is 5. The van der Waals surface area contributed by atoms with E-state index in [-0.39, 0.29) is 5.60 Å². The standard InChI is InChI=1S/C17H29N3O/c1-6-21-17(9-7-12(2)8-10-17)16-19-13(3)15(11-18-5)14(4)20-16/h12,18H,6-11H2,1-5H3. The minimum Gasteiger partial charge on any atom is -0.367 e. The van der Waals surface area contributed by atoms with Gasteiger partial charge in [-0.15, -0.1) is 0 Å². The van der Waals surface area contributed by atoms with Gasteiger partial charge in [-0.05, 0) is 59.4 Å². The Morgan fingerprint density at radius 3 is 2.24 bits per heavy atom. The molecule has 0 unspecified atom stereocenters. The van der Waals surface area contributed by atoms with E-state index in [0.717, 1.165) is 42.5 Å². The summed E-state index contributed by atoms with van der Waals surface area (Å²) in [6, 6.07) is 0. The van der Waals surface area contributed by atoms with Crippen LogP contribution in [0.25, 0.3) is 0 Å². The van der Waals surface area contributed by atoms with Gasteiger partial charge in [-0.1, -0.05) is 6.92 Å². The Hall–Kier alpha value is -1.00. The van der Waals surface area contributed by atoms with Crippen molar-refractivity contribution in [1.29, 1.82) is 0 Å². The van der Waals surface area contributed by atoms with Gasteiger partial charge in [-0.25, -0.2) is 9.97 Å². The van der Waals surface area contributed by atoms with Crippen molar-refractivity contribution in [2.75, 3.05) is 13.7 Å². The van der Waals surface area contributed by atoms with E-state index in [9.17, 15) is 0 Å². The third-order valence-electron chi connectivity index (χ3n) is 4.68. The Morgan fingerprint density at radius 2 is 1.76 bits per heavy atom. The van der Waals surface area contributed by atoms with Crippen LogP contribution in [0.4, 0.5) is 0 Å². The zero-order chi connectivity index (χ0) is 15.5. The number of nitrogens with zero attached hydrogens (tertiary/aromatic N) is 2. The number of aryl methyl sites for hydroxylation is 2. The highest BCUT2D eigenvalue weighted by Gasteiger charge is 2.39. The predicted molar refractivity (Wildman–Crippen MR) is 85.2 cm³/mol. The van der Waals surface area contributed by atoms with E-state index in [2.05, 4.69) is 33.0 Å². The highest BCUT2D eigenvalue weighted by molar-refractivity contribution is 5.26. The molecular weight excluding hydrogens is 262 g/mol. The van der Waals surface area contributed by atoms with Crippen LogP contribution < -0.4 is 5.32 Å². The average molecular weight is 291 g/mol. The largest absolute Gasteiger partial charge is 0.367 e. The number of nitrogens with one attached hydrogen (secondary N) is 1. The lowest BCUT2D eigenvalue weighted by molar-refractivity contribution is -0.0839. The SMILES string of the molecule is CCOC1(c2nc(C)c(CNC)c(C)n2)CCC(C)CC1. The fourth-order valence-electron chi connectivity index (χ4n) is 3.31. The Labute approximate surface area is 128 Å². The van der Waals surface area contributed by atoms with Crippen molar-refractivity contribution in [3.05, 3.63) is 22.8 Å². The summed E-state index contributed by atoms with van der Waals surface area (Å²) in [5.74, 6) is 1.68. The fourth-order valence-corrected chi connectivity index (χ4v) is 3.31. The smallest absolute Gasteiger partial charge is 0.160 e. The van der Waals surface area contributed by atoms with E-state index >= 15 is 0 Å². The summed E-state index contributed by atoms with van der Waals surface area (Å²) in [6.07, 6.45) is 4.46. The molecule has 4 nitrogen and oxygen atoms in total. The van der Waals surface area contributed by atoms with Crippen LogP contribution in [0, 0.1) is 19.8 Å². The molecule has 0 spiro atoms. The predicted octanol–water partition coefficient (Wildman–Crippen LogP) is 3.25. The van der Waals surface area contributed by atoms with E-state index in [1.54, 1.807) is 0 Å². The Kier molecular flexibility index (Phi) is 5.33. The number of hydrogen-bond acceptors (Lipinski definition) is 4. The fraction of sp³-hybridized carbons (Fsp3) is 0.765. The minimum atomic E-state index is -0.269. The van der Waals surface area contributed by atoms with E-state index in [4.69, 9.17) is 14.7 Å². The van der Waals surface area contributed by atoms with Gasteiger partial charge in [0, 0.05) is 30.1 Å². The van der Waals surface area contributed by atoms with Gasteiger partial charge < -0.3 is 10.1 Å². The summed E-state index contributed by atoms with van der Waals surface area (Å²) in [6.45, 7) is 10.1. The highest BCUT2D eigenvalue weighted by atomic mass is 16.5. The second-order valence-electron chi connectivity index (χ2n) is 6.34. The first kappa shape index (κ1) is 16.4. The number of hydrogen-bond donors (Lipinski definition) is 1. The maximum absolute atomic E-state index is 6.17. The molecule has 0 bridgehead atoms. The Bertz CT molecular complexity index is 456. The molecule has 1 aliphatic carbocycles. The van der Waals surface area contributed by atoms with Crippen molar-refractivity contribution in [2.24, 2.45) is 5.92 Å². The summed E-state index contributed by atoms with van der Waals surface area (Å²) in [5.41, 5.74) is 3.08. The van der Waals surface area contributed by atoms with Crippen LogP contribution in [0.3, 0.4) is 0 Å². The maximum atomic E-state index is 6.17. The van der Waals surface area contributed by atoms with Crippen molar-refractivity contribution < 1.29 is 4.74 Å². The van der Waals surface area contributed by atoms with Crippen LogP contribution in [0.2, 0.25) is 0 Å². The van der Waals surface area contributed by atoms with Gasteiger partial charge in [0.25, 0.3) is 0 Å². The van der Waals surface area contributed by atoms with Crippen molar-refractivity contribution in [3.63, 3.8) is 0 Å². The second kappa shape index (κ2) is 6.84. The third kappa shape index (κ3) is 3.43. The molecule has 2 rings (SSSR count). The summed E-state index contributed by atoms with van der Waals surface area (Å²) in [5, 5.41) is 3.19. The molecule has 1 fully saturated rings. The van der Waals surface area contributed by atoms with Gasteiger partial charge in [0.15, 0.2) is 5.82 Å². The van der Waals surface area contributed by atoms with Gasteiger partial charge in [0.2, 0.25) is 0 Å². The monoisotopic (exact) mass is 291 g/mol. The van der Waals surface area contributed by atoms with Crippen LogP contribution in [0.15, 0.2) is 0 Å². The van der Waals surface area contributed by atoms with E-state index in [1.165, 1.54) is 18.4 Å². The van der Waals surface area contributed by atoms with Crippen molar-refractivity contribution in [3.8, 4) is 0 Å². The van der Waals surface area contributed by atoms with Crippen LogP contribution in [0.1, 0.15) is 62.3 Å². The first-order valence-electron chi connectivity index (χ1n) is 8.15. The molecule has 1 aromatic rings. The van der Waals surface area contributed by atoms with Gasteiger partial charge in [-0.2, -0.15) is 0 Å². The first-order chi connectivity index (χ1) is 10.0. The molecule has 21 heavy (non-hydrogen) atoms. The molecule has 1 heterocycles. The lowest BCUT2D eigenvalue weighted by atomic mass is 9.78. The van der Waals surface area contributed by atoms with Gasteiger partial charge in [-0.3, -0.25) is 0 Å². The van der Waals surface area contributed by atoms with Gasteiger partial charge >= 0.3 is 0 Å². The molecule has 1 aromatic heterocycles. The molecule has 4 heteroatoms. The summed E-state index contributed by atoms with van der Waals surface area (Å²) >= 11 is 0. The molecule has 0 atom stereocenters. The van der Waals surface area contributed by atoms with E-state index in [1.807, 2.05) is 7.05 Å². The molecular formula is C17H29N3O. The number of aromatic nitrogens is 2. The third-order valence-corrected chi connectivity index (χ3v) is 4.68. The minimum absolute atomic E-state index is 0.269. The Balaban J connectivity index is 2.37. The van der Waals surface area contributed by atoms with Crippen molar-refractivity contribution in [2.45, 2.75) is 65.5 Å². The van der Waals surface area contributed by atoms with Crippen molar-refractivity contribution >= 4 is 0 Å². The van der Waals surface area contributed by atoms with Crippen molar-refractivity contribution in [1.82, 2.24) is 15.3 Å². The molecule has 1 aliphatic rings. The normalized spacial score (nSPS) is 26.0. The maximum Gasteiger partial charge on any atom is 0.160 e. The van der Waals surface area contributed by atoms with Crippen LogP contribution in [0.5, 0.6) is 0 Å². The molecule has 0 radical (unpaired) electrons. The molecule has 0 aliphatic heterocycles. The Morgan fingerprint density at radius 1 is 1.19 bits per heavy atom. The van der Waals surface area contributed by atoms with Crippen LogP contribution in [-0.4, -0.2) is 23.6 Å². The molecule has 118 valence electrons. The van der Waals surface area contributed by atoms with Gasteiger partial charge in [0.05, 0.1) is 0 Å². The second-order valence-corrected chi connectivity index (χ2v) is 6.34. The molecule has 0 amide bonds. The molecule has 0 saturated heterocycles. The number of ether oxygens (including phenoxy) is 1. The zero-order valence-electron chi connectivity index (χ0n) is 14.1. The lowest BCUT2D eigenvalue weighted by Gasteiger charge is -2.38.